The van der Waals surface area contributed by atoms with Crippen LogP contribution in [0.3, 0.4) is 0 Å². The van der Waals surface area contributed by atoms with Gasteiger partial charge in [-0.1, -0.05) is 50.4 Å². The number of rotatable bonds is 9. The standard InChI is InChI=1S/C18H23FN2O3S/c1-5-9-16(13(3)19)20-18(22)12-17(21-25(4,23)24)15-11-8-7-10-14(15)6-2/h5,7-11,17,21H,1,3,6,12H2,2,4H3,(H,20,22)/b16-9+. The van der Waals surface area contributed by atoms with Gasteiger partial charge in [0.2, 0.25) is 15.9 Å². The van der Waals surface area contributed by atoms with Crippen LogP contribution in [0.5, 0.6) is 0 Å². The predicted molar refractivity (Wildman–Crippen MR) is 97.8 cm³/mol. The van der Waals surface area contributed by atoms with E-state index in [9.17, 15) is 17.6 Å². The molecule has 0 fully saturated rings. The zero-order valence-corrected chi connectivity index (χ0v) is 15.2. The number of sulfonamides is 1. The van der Waals surface area contributed by atoms with E-state index in [0.717, 1.165) is 11.8 Å². The molecule has 1 amide bonds. The van der Waals surface area contributed by atoms with E-state index < -0.39 is 27.8 Å². The molecule has 0 aliphatic heterocycles. The first-order valence-electron chi connectivity index (χ1n) is 7.70. The van der Waals surface area contributed by atoms with Crippen LogP contribution >= 0.6 is 0 Å². The molecule has 2 N–H and O–H groups in total. The number of aryl methyl sites for hydroxylation is 1. The number of carbonyl (C=O) groups is 1. The minimum atomic E-state index is -3.55. The molecule has 0 bridgehead atoms. The van der Waals surface area contributed by atoms with Crippen molar-refractivity contribution in [1.29, 1.82) is 0 Å². The molecule has 0 aromatic heterocycles. The molecular formula is C18H23FN2O3S. The largest absolute Gasteiger partial charge is 0.324 e. The average molecular weight is 366 g/mol. The van der Waals surface area contributed by atoms with Gasteiger partial charge in [0.25, 0.3) is 0 Å². The highest BCUT2D eigenvalue weighted by Gasteiger charge is 2.22. The van der Waals surface area contributed by atoms with Crippen LogP contribution in [-0.4, -0.2) is 20.6 Å². The highest BCUT2D eigenvalue weighted by atomic mass is 32.2. The van der Waals surface area contributed by atoms with Crippen molar-refractivity contribution in [2.24, 2.45) is 0 Å². The molecule has 0 spiro atoms. The molecule has 0 heterocycles. The van der Waals surface area contributed by atoms with Crippen molar-refractivity contribution in [3.63, 3.8) is 0 Å². The Morgan fingerprint density at radius 1 is 1.36 bits per heavy atom. The summed E-state index contributed by atoms with van der Waals surface area (Å²) in [5.41, 5.74) is 1.52. The van der Waals surface area contributed by atoms with Crippen LogP contribution in [0.4, 0.5) is 4.39 Å². The number of hydrogen-bond donors (Lipinski definition) is 2. The number of carbonyl (C=O) groups excluding carboxylic acids is 1. The van der Waals surface area contributed by atoms with Gasteiger partial charge in [0.1, 0.15) is 5.83 Å². The molecule has 1 unspecified atom stereocenters. The number of hydrogen-bond acceptors (Lipinski definition) is 3. The third kappa shape index (κ3) is 7.03. The number of nitrogens with one attached hydrogen (secondary N) is 2. The molecule has 25 heavy (non-hydrogen) atoms. The SMILES string of the molecule is C=C/C=C(/NC(=O)CC(NS(C)(=O)=O)c1ccccc1CC)C(=C)F. The van der Waals surface area contributed by atoms with Gasteiger partial charge in [-0.3, -0.25) is 4.79 Å². The van der Waals surface area contributed by atoms with Crippen LogP contribution < -0.4 is 10.0 Å². The first-order valence-corrected chi connectivity index (χ1v) is 9.59. The van der Waals surface area contributed by atoms with Crippen LogP contribution in [0.25, 0.3) is 0 Å². The smallest absolute Gasteiger partial charge is 0.226 e. The van der Waals surface area contributed by atoms with Gasteiger partial charge in [-0.05, 0) is 23.6 Å². The second kappa shape index (κ2) is 9.29. The van der Waals surface area contributed by atoms with Crippen molar-refractivity contribution in [3.8, 4) is 0 Å². The maximum absolute atomic E-state index is 13.3. The molecule has 5 nitrogen and oxygen atoms in total. The Bertz CT molecular complexity index is 785. The Kier molecular flexibility index (Phi) is 7.73. The molecule has 0 aliphatic carbocycles. The maximum atomic E-state index is 13.3. The van der Waals surface area contributed by atoms with E-state index in [2.05, 4.69) is 23.2 Å². The lowest BCUT2D eigenvalue weighted by atomic mass is 9.97. The molecule has 0 radical (unpaired) electrons. The lowest BCUT2D eigenvalue weighted by Gasteiger charge is -2.20. The van der Waals surface area contributed by atoms with Crippen LogP contribution in [-0.2, 0) is 21.2 Å². The van der Waals surface area contributed by atoms with Crippen molar-refractivity contribution < 1.29 is 17.6 Å². The summed E-state index contributed by atoms with van der Waals surface area (Å²) in [6.07, 6.45) is 4.12. The highest BCUT2D eigenvalue weighted by molar-refractivity contribution is 7.88. The molecule has 7 heteroatoms. The molecule has 1 atom stereocenters. The lowest BCUT2D eigenvalue weighted by Crippen LogP contribution is -2.33. The van der Waals surface area contributed by atoms with Crippen LogP contribution in [0, 0.1) is 0 Å². The summed E-state index contributed by atoms with van der Waals surface area (Å²) in [4.78, 5) is 12.3. The lowest BCUT2D eigenvalue weighted by molar-refractivity contribution is -0.120. The third-order valence-corrected chi connectivity index (χ3v) is 4.12. The van der Waals surface area contributed by atoms with E-state index in [4.69, 9.17) is 0 Å². The molecule has 0 saturated heterocycles. The third-order valence-electron chi connectivity index (χ3n) is 3.41. The fraction of sp³-hybridized carbons (Fsp3) is 0.278. The molecule has 1 aromatic rings. The van der Waals surface area contributed by atoms with E-state index in [1.807, 2.05) is 19.1 Å². The fourth-order valence-electron chi connectivity index (χ4n) is 2.37. The Morgan fingerprint density at radius 2 is 2.00 bits per heavy atom. The van der Waals surface area contributed by atoms with Crippen molar-refractivity contribution >= 4 is 15.9 Å². The molecule has 0 saturated carbocycles. The number of halogens is 1. The van der Waals surface area contributed by atoms with Gasteiger partial charge in [-0.15, -0.1) is 0 Å². The van der Waals surface area contributed by atoms with Gasteiger partial charge in [-0.2, -0.15) is 0 Å². The molecule has 136 valence electrons. The minimum absolute atomic E-state index is 0.109. The van der Waals surface area contributed by atoms with Crippen LogP contribution in [0.2, 0.25) is 0 Å². The Balaban J connectivity index is 3.09. The number of benzene rings is 1. The quantitative estimate of drug-likeness (QED) is 0.660. The summed E-state index contributed by atoms with van der Waals surface area (Å²) in [6, 6.07) is 6.50. The summed E-state index contributed by atoms with van der Waals surface area (Å²) in [5, 5.41) is 2.38. The van der Waals surface area contributed by atoms with E-state index in [1.54, 1.807) is 12.1 Å². The second-order valence-corrected chi connectivity index (χ2v) is 7.25. The van der Waals surface area contributed by atoms with Gasteiger partial charge in [-0.25, -0.2) is 17.5 Å². The first kappa shape index (κ1) is 20.8. The second-order valence-electron chi connectivity index (χ2n) is 5.47. The van der Waals surface area contributed by atoms with Crippen LogP contribution in [0.1, 0.15) is 30.5 Å². The average Bonchev–Trinajstić information content (AvgIpc) is 2.52. The first-order chi connectivity index (χ1) is 11.7. The molecule has 1 rings (SSSR count). The summed E-state index contributed by atoms with van der Waals surface area (Å²) in [5.74, 6) is -1.35. The molecule has 0 aliphatic rings. The Morgan fingerprint density at radius 3 is 2.52 bits per heavy atom. The Hall–Kier alpha value is -2.25. The van der Waals surface area contributed by atoms with Crippen molar-refractivity contribution in [2.45, 2.75) is 25.8 Å². The zero-order chi connectivity index (χ0) is 19.0. The van der Waals surface area contributed by atoms with Crippen LogP contribution in [0.15, 0.2) is 61.1 Å². The van der Waals surface area contributed by atoms with Gasteiger partial charge >= 0.3 is 0 Å². The number of allylic oxidation sites excluding steroid dienone is 3. The molecular weight excluding hydrogens is 343 g/mol. The van der Waals surface area contributed by atoms with Gasteiger partial charge in [0.15, 0.2) is 0 Å². The topological polar surface area (TPSA) is 75.3 Å². The summed E-state index contributed by atoms with van der Waals surface area (Å²) >= 11 is 0. The predicted octanol–water partition coefficient (Wildman–Crippen LogP) is 2.90. The normalized spacial score (nSPS) is 13.2. The maximum Gasteiger partial charge on any atom is 0.226 e. The molecule has 1 aromatic carbocycles. The van der Waals surface area contributed by atoms with Crippen molar-refractivity contribution in [1.82, 2.24) is 10.0 Å². The van der Waals surface area contributed by atoms with Gasteiger partial charge < -0.3 is 5.32 Å². The minimum Gasteiger partial charge on any atom is -0.324 e. The monoisotopic (exact) mass is 366 g/mol. The van der Waals surface area contributed by atoms with Crippen molar-refractivity contribution in [2.75, 3.05) is 6.26 Å². The van der Waals surface area contributed by atoms with E-state index in [1.165, 1.54) is 12.2 Å². The Labute approximate surface area is 148 Å². The van der Waals surface area contributed by atoms with E-state index >= 15 is 0 Å². The summed E-state index contributed by atoms with van der Waals surface area (Å²) < 4.78 is 39.2. The summed E-state index contributed by atoms with van der Waals surface area (Å²) in [6.45, 7) is 8.52. The zero-order valence-electron chi connectivity index (χ0n) is 14.4. The van der Waals surface area contributed by atoms with Gasteiger partial charge in [0.05, 0.1) is 18.0 Å². The van der Waals surface area contributed by atoms with E-state index in [-0.39, 0.29) is 12.1 Å². The van der Waals surface area contributed by atoms with E-state index in [0.29, 0.717) is 12.0 Å². The number of amides is 1. The van der Waals surface area contributed by atoms with Crippen molar-refractivity contribution in [3.05, 3.63) is 72.2 Å². The summed E-state index contributed by atoms with van der Waals surface area (Å²) in [7, 11) is -3.55. The van der Waals surface area contributed by atoms with Gasteiger partial charge in [0, 0.05) is 6.42 Å². The fourth-order valence-corrected chi connectivity index (χ4v) is 3.10. The highest BCUT2D eigenvalue weighted by Crippen LogP contribution is 2.23.